The molecule has 2 amide bonds. The number of carbonyl (C=O) groups is 3. The summed E-state index contributed by atoms with van der Waals surface area (Å²) in [6.45, 7) is 3.71. The van der Waals surface area contributed by atoms with Gasteiger partial charge in [0.1, 0.15) is 5.75 Å². The number of ether oxygens (including phenoxy) is 4. The number of carbonyl (C=O) groups excluding carboxylic acids is 3. The van der Waals surface area contributed by atoms with Gasteiger partial charge in [-0.3, -0.25) is 9.59 Å². The Balaban J connectivity index is 1.52. The van der Waals surface area contributed by atoms with E-state index in [1.54, 1.807) is 67.3 Å². The number of rotatable bonds is 7. The van der Waals surface area contributed by atoms with Crippen molar-refractivity contribution in [2.75, 3.05) is 47.0 Å². The Morgan fingerprint density at radius 1 is 0.848 bits per heavy atom. The first kappa shape index (κ1) is 23.9. The normalized spacial score (nSPS) is 13.3. The average Bonchev–Trinajstić information content (AvgIpc) is 2.84. The van der Waals surface area contributed by atoms with Crippen molar-refractivity contribution in [1.29, 1.82) is 0 Å². The van der Waals surface area contributed by atoms with Gasteiger partial charge >= 0.3 is 6.16 Å². The lowest BCUT2D eigenvalue weighted by molar-refractivity contribution is -0.131. The molecule has 0 atom stereocenters. The molecule has 2 aromatic rings. The van der Waals surface area contributed by atoms with Crippen LogP contribution >= 0.6 is 0 Å². The van der Waals surface area contributed by atoms with Gasteiger partial charge in [-0.1, -0.05) is 6.07 Å². The molecule has 0 N–H and O–H groups in total. The summed E-state index contributed by atoms with van der Waals surface area (Å²) in [5, 5.41) is 0. The lowest BCUT2D eigenvalue weighted by Gasteiger charge is -2.35. The van der Waals surface area contributed by atoms with Gasteiger partial charge in [0, 0.05) is 31.7 Å². The Hall–Kier alpha value is -3.75. The molecule has 1 fully saturated rings. The van der Waals surface area contributed by atoms with E-state index < -0.39 is 6.16 Å². The van der Waals surface area contributed by atoms with Crippen LogP contribution in [0.3, 0.4) is 0 Å². The topological polar surface area (TPSA) is 94.6 Å². The zero-order valence-corrected chi connectivity index (χ0v) is 19.0. The number of hydrogen-bond donors (Lipinski definition) is 0. The minimum Gasteiger partial charge on any atom is -0.493 e. The zero-order valence-electron chi connectivity index (χ0n) is 19.0. The van der Waals surface area contributed by atoms with Gasteiger partial charge in [-0.15, -0.1) is 0 Å². The van der Waals surface area contributed by atoms with Crippen molar-refractivity contribution < 1.29 is 33.3 Å². The summed E-state index contributed by atoms with van der Waals surface area (Å²) in [6.07, 6.45) is -0.540. The van der Waals surface area contributed by atoms with Crippen molar-refractivity contribution in [1.82, 2.24) is 9.80 Å². The Labute approximate surface area is 192 Å². The molecule has 1 aliphatic rings. The molecule has 0 spiro atoms. The van der Waals surface area contributed by atoms with Crippen molar-refractivity contribution in [3.05, 3.63) is 53.6 Å². The second-order valence-electron chi connectivity index (χ2n) is 7.35. The van der Waals surface area contributed by atoms with Crippen LogP contribution in [0, 0.1) is 0 Å². The van der Waals surface area contributed by atoms with Crippen LogP contribution in [0.2, 0.25) is 0 Å². The summed E-state index contributed by atoms with van der Waals surface area (Å²) in [6, 6.07) is 11.7. The van der Waals surface area contributed by atoms with Crippen molar-refractivity contribution >= 4 is 18.0 Å². The smallest absolute Gasteiger partial charge is 0.493 e. The van der Waals surface area contributed by atoms with Gasteiger partial charge < -0.3 is 28.7 Å². The van der Waals surface area contributed by atoms with Gasteiger partial charge in [-0.2, -0.15) is 0 Å². The van der Waals surface area contributed by atoms with Gasteiger partial charge in [-0.05, 0) is 48.9 Å². The molecule has 0 unspecified atom stereocenters. The molecule has 9 nitrogen and oxygen atoms in total. The molecule has 1 saturated heterocycles. The summed E-state index contributed by atoms with van der Waals surface area (Å²) in [4.78, 5) is 40.4. The number of benzene rings is 2. The summed E-state index contributed by atoms with van der Waals surface area (Å²) < 4.78 is 20.3. The highest BCUT2D eigenvalue weighted by molar-refractivity contribution is 5.94. The van der Waals surface area contributed by atoms with E-state index in [2.05, 4.69) is 0 Å². The maximum atomic E-state index is 12.8. The van der Waals surface area contributed by atoms with Crippen molar-refractivity contribution in [3.8, 4) is 17.2 Å². The Morgan fingerprint density at radius 2 is 1.48 bits per heavy atom. The van der Waals surface area contributed by atoms with E-state index in [4.69, 9.17) is 18.9 Å². The van der Waals surface area contributed by atoms with E-state index in [0.717, 1.165) is 5.56 Å². The zero-order chi connectivity index (χ0) is 23.8. The molecule has 0 aliphatic carbocycles. The van der Waals surface area contributed by atoms with E-state index in [1.807, 2.05) is 6.07 Å². The van der Waals surface area contributed by atoms with Crippen molar-refractivity contribution in [2.45, 2.75) is 13.3 Å². The first-order chi connectivity index (χ1) is 15.9. The lowest BCUT2D eigenvalue weighted by Crippen LogP contribution is -2.51. The number of piperazine rings is 1. The van der Waals surface area contributed by atoms with Crippen LogP contribution in [0.4, 0.5) is 4.79 Å². The minimum atomic E-state index is -0.787. The molecular weight excluding hydrogens is 428 g/mol. The predicted octanol–water partition coefficient (Wildman–Crippen LogP) is 2.77. The number of methoxy groups -OCH3 is 2. The highest BCUT2D eigenvalue weighted by Gasteiger charge is 2.25. The van der Waals surface area contributed by atoms with E-state index >= 15 is 0 Å². The minimum absolute atomic E-state index is 0.00483. The Morgan fingerprint density at radius 3 is 2.09 bits per heavy atom. The maximum absolute atomic E-state index is 12.8. The lowest BCUT2D eigenvalue weighted by atomic mass is 10.1. The number of amides is 2. The molecule has 0 saturated carbocycles. The van der Waals surface area contributed by atoms with Crippen molar-refractivity contribution in [2.24, 2.45) is 0 Å². The fraction of sp³-hybridized carbons (Fsp3) is 0.375. The molecule has 1 heterocycles. The van der Waals surface area contributed by atoms with E-state index in [9.17, 15) is 14.4 Å². The van der Waals surface area contributed by atoms with Crippen LogP contribution in [-0.2, 0) is 16.0 Å². The molecule has 1 aliphatic heterocycles. The van der Waals surface area contributed by atoms with Crippen LogP contribution in [0.25, 0.3) is 0 Å². The SMILES string of the molecule is CCOC(=O)Oc1ccc(C(=O)N2CCN(C(=O)Cc3ccc(OC)c(OC)c3)CC2)cc1. The maximum Gasteiger partial charge on any atom is 0.513 e. The summed E-state index contributed by atoms with van der Waals surface area (Å²) in [5.41, 5.74) is 1.32. The van der Waals surface area contributed by atoms with Gasteiger partial charge in [0.25, 0.3) is 5.91 Å². The fourth-order valence-electron chi connectivity index (χ4n) is 3.53. The van der Waals surface area contributed by atoms with Gasteiger partial charge in [-0.25, -0.2) is 4.79 Å². The fourth-order valence-corrected chi connectivity index (χ4v) is 3.53. The van der Waals surface area contributed by atoms with Gasteiger partial charge in [0.2, 0.25) is 5.91 Å². The molecule has 3 rings (SSSR count). The van der Waals surface area contributed by atoms with Gasteiger partial charge in [0.15, 0.2) is 11.5 Å². The van der Waals surface area contributed by atoms with Gasteiger partial charge in [0.05, 0.1) is 27.2 Å². The standard InChI is InChI=1S/C24H28N2O7/c1-4-32-24(29)33-19-8-6-18(7-9-19)23(28)26-13-11-25(12-14-26)22(27)16-17-5-10-20(30-2)21(15-17)31-3/h5-10,15H,4,11-14,16H2,1-3H3. The molecule has 2 aromatic carbocycles. The Kier molecular flexibility index (Phi) is 8.12. The van der Waals surface area contributed by atoms with E-state index in [0.29, 0.717) is 49.0 Å². The first-order valence-electron chi connectivity index (χ1n) is 10.7. The molecule has 0 aromatic heterocycles. The highest BCUT2D eigenvalue weighted by atomic mass is 16.7. The molecule has 9 heteroatoms. The number of nitrogens with zero attached hydrogens (tertiary/aromatic N) is 2. The summed E-state index contributed by atoms with van der Waals surface area (Å²) in [7, 11) is 3.12. The van der Waals surface area contributed by atoms with Crippen LogP contribution in [-0.4, -0.2) is 74.8 Å². The summed E-state index contributed by atoms with van der Waals surface area (Å²) >= 11 is 0. The van der Waals surface area contributed by atoms with E-state index in [-0.39, 0.29) is 24.8 Å². The third-order valence-corrected chi connectivity index (χ3v) is 5.29. The highest BCUT2D eigenvalue weighted by Crippen LogP contribution is 2.28. The second kappa shape index (κ2) is 11.2. The monoisotopic (exact) mass is 456 g/mol. The quantitative estimate of drug-likeness (QED) is 0.467. The van der Waals surface area contributed by atoms with Crippen LogP contribution < -0.4 is 14.2 Å². The molecule has 33 heavy (non-hydrogen) atoms. The first-order valence-corrected chi connectivity index (χ1v) is 10.7. The third kappa shape index (κ3) is 6.15. The molecule has 0 radical (unpaired) electrons. The molecule has 0 bridgehead atoms. The second-order valence-corrected chi connectivity index (χ2v) is 7.35. The van der Waals surface area contributed by atoms with E-state index in [1.165, 1.54) is 0 Å². The largest absolute Gasteiger partial charge is 0.513 e. The third-order valence-electron chi connectivity index (χ3n) is 5.29. The van der Waals surface area contributed by atoms with Crippen LogP contribution in [0.5, 0.6) is 17.2 Å². The van der Waals surface area contributed by atoms with Crippen LogP contribution in [0.1, 0.15) is 22.8 Å². The number of hydrogen-bond acceptors (Lipinski definition) is 7. The Bertz CT molecular complexity index is 983. The van der Waals surface area contributed by atoms with Crippen molar-refractivity contribution in [3.63, 3.8) is 0 Å². The average molecular weight is 456 g/mol. The summed E-state index contributed by atoms with van der Waals surface area (Å²) in [5.74, 6) is 1.35. The predicted molar refractivity (Wildman–Crippen MR) is 120 cm³/mol. The molecular formula is C24H28N2O7. The molecule has 176 valence electrons. The van der Waals surface area contributed by atoms with Crippen LogP contribution in [0.15, 0.2) is 42.5 Å².